The first-order chi connectivity index (χ1) is 15.1. The molecule has 0 amide bonds. The van der Waals surface area contributed by atoms with Gasteiger partial charge in [0.1, 0.15) is 0 Å². The van der Waals surface area contributed by atoms with E-state index in [9.17, 15) is 9.90 Å². The molecule has 154 valence electrons. The second-order valence-electron chi connectivity index (χ2n) is 7.05. The fraction of sp³-hybridized carbons (Fsp3) is 0.0769. The highest BCUT2D eigenvalue weighted by Crippen LogP contribution is 2.33. The Hall–Kier alpha value is -3.44. The van der Waals surface area contributed by atoms with Crippen LogP contribution in [0.1, 0.15) is 18.9 Å². The number of hydrogen-bond acceptors (Lipinski definition) is 2. The fourth-order valence-electron chi connectivity index (χ4n) is 3.64. The predicted molar refractivity (Wildman–Crippen MR) is 128 cm³/mol. The van der Waals surface area contributed by atoms with Gasteiger partial charge in [-0.1, -0.05) is 95.7 Å². The van der Waals surface area contributed by atoms with Crippen molar-refractivity contribution in [1.82, 2.24) is 9.78 Å². The molecule has 0 spiro atoms. The second kappa shape index (κ2) is 9.14. The van der Waals surface area contributed by atoms with E-state index in [-0.39, 0.29) is 5.57 Å². The molecule has 0 aliphatic heterocycles. The van der Waals surface area contributed by atoms with Gasteiger partial charge in [-0.05, 0) is 30.2 Å². The molecule has 4 nitrogen and oxygen atoms in total. The van der Waals surface area contributed by atoms with Gasteiger partial charge >= 0.3 is 5.97 Å². The molecule has 31 heavy (non-hydrogen) atoms. The van der Waals surface area contributed by atoms with Crippen molar-refractivity contribution < 1.29 is 9.90 Å². The number of halogens is 1. The van der Waals surface area contributed by atoms with Crippen LogP contribution in [0.25, 0.3) is 33.8 Å². The zero-order valence-electron chi connectivity index (χ0n) is 17.0. The highest BCUT2D eigenvalue weighted by Gasteiger charge is 2.21. The van der Waals surface area contributed by atoms with Crippen LogP contribution in [-0.2, 0) is 4.79 Å². The molecule has 0 aliphatic carbocycles. The van der Waals surface area contributed by atoms with E-state index in [1.807, 2.05) is 97.9 Å². The van der Waals surface area contributed by atoms with E-state index in [0.29, 0.717) is 17.7 Å². The Morgan fingerprint density at radius 3 is 2.16 bits per heavy atom. The molecule has 1 aromatic heterocycles. The molecule has 3 aromatic carbocycles. The third-order valence-corrected chi connectivity index (χ3v) is 5.55. The maximum absolute atomic E-state index is 12.3. The van der Waals surface area contributed by atoms with Crippen LogP contribution in [0.15, 0.2) is 95.5 Å². The number of carbonyl (C=O) groups is 1. The Morgan fingerprint density at radius 2 is 1.55 bits per heavy atom. The molecule has 5 heteroatoms. The maximum atomic E-state index is 12.3. The number of aromatic nitrogens is 2. The highest BCUT2D eigenvalue weighted by molar-refractivity contribution is 9.10. The van der Waals surface area contributed by atoms with Gasteiger partial charge in [0, 0.05) is 15.6 Å². The molecule has 4 rings (SSSR count). The summed E-state index contributed by atoms with van der Waals surface area (Å²) in [7, 11) is 0. The van der Waals surface area contributed by atoms with Gasteiger partial charge in [-0.3, -0.25) is 0 Å². The van der Waals surface area contributed by atoms with Gasteiger partial charge in [-0.25, -0.2) is 9.48 Å². The van der Waals surface area contributed by atoms with Crippen molar-refractivity contribution in [3.8, 4) is 22.5 Å². The van der Waals surface area contributed by atoms with Crippen molar-refractivity contribution in [2.45, 2.75) is 13.3 Å². The van der Waals surface area contributed by atoms with E-state index in [1.165, 1.54) is 0 Å². The Labute approximate surface area is 189 Å². The summed E-state index contributed by atoms with van der Waals surface area (Å²) < 4.78 is 2.74. The number of rotatable bonds is 6. The zero-order chi connectivity index (χ0) is 21.8. The topological polar surface area (TPSA) is 55.1 Å². The number of benzene rings is 3. The zero-order valence-corrected chi connectivity index (χ0v) is 18.6. The van der Waals surface area contributed by atoms with E-state index in [0.717, 1.165) is 27.0 Å². The molecule has 0 bridgehead atoms. The van der Waals surface area contributed by atoms with Crippen molar-refractivity contribution >= 4 is 33.2 Å². The number of nitrogens with zero attached hydrogens (tertiary/aromatic N) is 2. The van der Waals surface area contributed by atoms with Crippen LogP contribution in [0.3, 0.4) is 0 Å². The Bertz CT molecular complexity index is 1240. The molecule has 0 saturated heterocycles. The third-order valence-electron chi connectivity index (χ3n) is 5.05. The fourth-order valence-corrected chi connectivity index (χ4v) is 4.04. The molecular formula is C26H21BrN2O2. The van der Waals surface area contributed by atoms with Crippen LogP contribution >= 0.6 is 15.9 Å². The minimum Gasteiger partial charge on any atom is -0.478 e. The summed E-state index contributed by atoms with van der Waals surface area (Å²) in [5, 5.41) is 15.0. The lowest BCUT2D eigenvalue weighted by Crippen LogP contribution is -2.10. The number of hydrogen-bond donors (Lipinski definition) is 1. The summed E-state index contributed by atoms with van der Waals surface area (Å²) >= 11 is 3.52. The molecule has 0 unspecified atom stereocenters. The van der Waals surface area contributed by atoms with Crippen molar-refractivity contribution in [3.05, 3.63) is 101 Å². The standard InChI is InChI=1S/C26H21BrN2O2/c1-2-23(25(26(30)31)19-12-7-4-8-13-19)29-24(18-10-5-3-6-11-18)17-22(28-29)20-14-9-15-21(27)16-20/h3-17H,2H2,1H3,(H,30,31). The molecule has 1 heterocycles. The lowest BCUT2D eigenvalue weighted by molar-refractivity contribution is -0.130. The number of carboxylic acid groups (broad SMARTS) is 1. The molecule has 0 atom stereocenters. The first kappa shape index (κ1) is 20.8. The summed E-state index contributed by atoms with van der Waals surface area (Å²) in [6, 6.07) is 29.1. The van der Waals surface area contributed by atoms with Crippen LogP contribution in [0.2, 0.25) is 0 Å². The van der Waals surface area contributed by atoms with Gasteiger partial charge < -0.3 is 5.11 Å². The molecule has 4 aromatic rings. The minimum atomic E-state index is -0.971. The van der Waals surface area contributed by atoms with E-state index < -0.39 is 5.97 Å². The average molecular weight is 473 g/mol. The van der Waals surface area contributed by atoms with Crippen LogP contribution < -0.4 is 0 Å². The SMILES string of the molecule is CCC(=C(C(=O)O)c1ccccc1)n1nc(-c2cccc(Br)c2)cc1-c1ccccc1. The van der Waals surface area contributed by atoms with Gasteiger partial charge in [0.25, 0.3) is 0 Å². The normalized spacial score (nSPS) is 11.8. The number of carboxylic acids is 1. The van der Waals surface area contributed by atoms with Crippen LogP contribution in [-0.4, -0.2) is 20.9 Å². The molecule has 0 aliphatic rings. The summed E-state index contributed by atoms with van der Waals surface area (Å²) in [4.78, 5) is 12.3. The monoisotopic (exact) mass is 472 g/mol. The summed E-state index contributed by atoms with van der Waals surface area (Å²) in [5.41, 5.74) is 5.11. The highest BCUT2D eigenvalue weighted by atomic mass is 79.9. The van der Waals surface area contributed by atoms with Crippen molar-refractivity contribution in [2.24, 2.45) is 0 Å². The molecule has 1 N–H and O–H groups in total. The molecule has 0 fully saturated rings. The van der Waals surface area contributed by atoms with Gasteiger partial charge in [0.2, 0.25) is 0 Å². The van der Waals surface area contributed by atoms with Gasteiger partial charge in [0.15, 0.2) is 0 Å². The van der Waals surface area contributed by atoms with Crippen LogP contribution in [0.5, 0.6) is 0 Å². The number of aliphatic carboxylic acids is 1. The lowest BCUT2D eigenvalue weighted by Gasteiger charge is -2.15. The van der Waals surface area contributed by atoms with Crippen LogP contribution in [0, 0.1) is 0 Å². The Balaban J connectivity index is 2.00. The van der Waals surface area contributed by atoms with Crippen molar-refractivity contribution in [3.63, 3.8) is 0 Å². The quantitative estimate of drug-likeness (QED) is 0.312. The summed E-state index contributed by atoms with van der Waals surface area (Å²) in [6.07, 6.45) is 0.510. The second-order valence-corrected chi connectivity index (χ2v) is 7.97. The van der Waals surface area contributed by atoms with E-state index in [4.69, 9.17) is 5.10 Å². The van der Waals surface area contributed by atoms with Gasteiger partial charge in [-0.15, -0.1) is 0 Å². The predicted octanol–water partition coefficient (Wildman–Crippen LogP) is 6.84. The Morgan fingerprint density at radius 1 is 0.903 bits per heavy atom. The van der Waals surface area contributed by atoms with Crippen molar-refractivity contribution in [2.75, 3.05) is 0 Å². The summed E-state index contributed by atoms with van der Waals surface area (Å²) in [6.45, 7) is 1.95. The van der Waals surface area contributed by atoms with E-state index in [1.54, 1.807) is 4.68 Å². The first-order valence-corrected chi connectivity index (χ1v) is 10.8. The summed E-state index contributed by atoms with van der Waals surface area (Å²) in [5.74, 6) is -0.971. The van der Waals surface area contributed by atoms with E-state index in [2.05, 4.69) is 15.9 Å². The third kappa shape index (κ3) is 4.37. The molecular weight excluding hydrogens is 452 g/mol. The molecule has 0 saturated carbocycles. The smallest absolute Gasteiger partial charge is 0.338 e. The van der Waals surface area contributed by atoms with Crippen molar-refractivity contribution in [1.29, 1.82) is 0 Å². The van der Waals surface area contributed by atoms with Crippen LogP contribution in [0.4, 0.5) is 0 Å². The largest absolute Gasteiger partial charge is 0.478 e. The number of allylic oxidation sites excluding steroid dienone is 1. The Kier molecular flexibility index (Phi) is 6.14. The molecule has 0 radical (unpaired) electrons. The maximum Gasteiger partial charge on any atom is 0.338 e. The average Bonchev–Trinajstić information content (AvgIpc) is 3.23. The van der Waals surface area contributed by atoms with Gasteiger partial charge in [-0.2, -0.15) is 5.10 Å². The minimum absolute atomic E-state index is 0.254. The lowest BCUT2D eigenvalue weighted by atomic mass is 10.0. The first-order valence-electron chi connectivity index (χ1n) is 10.0. The van der Waals surface area contributed by atoms with Gasteiger partial charge in [0.05, 0.1) is 22.7 Å². The van der Waals surface area contributed by atoms with E-state index >= 15 is 0 Å².